The van der Waals surface area contributed by atoms with Crippen LogP contribution in [0.1, 0.15) is 22.5 Å². The summed E-state index contributed by atoms with van der Waals surface area (Å²) in [4.78, 5) is 27.1. The number of nitro benzene ring substituents is 1. The van der Waals surface area contributed by atoms with E-state index in [4.69, 9.17) is 0 Å². The van der Waals surface area contributed by atoms with Crippen molar-refractivity contribution in [1.82, 2.24) is 14.8 Å². The van der Waals surface area contributed by atoms with Crippen molar-refractivity contribution in [2.45, 2.75) is 33.5 Å². The van der Waals surface area contributed by atoms with Crippen LogP contribution in [0.2, 0.25) is 0 Å². The number of fused-ring (bicyclic) bond motifs is 1. The number of pyridine rings is 1. The van der Waals surface area contributed by atoms with Gasteiger partial charge >= 0.3 is 6.18 Å². The summed E-state index contributed by atoms with van der Waals surface area (Å²) < 4.78 is 41.2. The number of hydrogen-bond donors (Lipinski definition) is 1. The Morgan fingerprint density at radius 1 is 1.24 bits per heavy atom. The van der Waals surface area contributed by atoms with Crippen molar-refractivity contribution in [2.75, 3.05) is 5.32 Å². The summed E-state index contributed by atoms with van der Waals surface area (Å²) in [5.74, 6) is -0.682. The second-order valence-corrected chi connectivity index (χ2v) is 6.58. The number of nitrogens with zero attached hydrogens (tertiary/aromatic N) is 4. The minimum absolute atomic E-state index is 0.0149. The predicted octanol–water partition coefficient (Wildman–Crippen LogP) is 3.92. The minimum atomic E-state index is -4.60. The van der Waals surface area contributed by atoms with Gasteiger partial charge in [-0.05, 0) is 38.5 Å². The Kier molecular flexibility index (Phi) is 4.99. The highest BCUT2D eigenvalue weighted by atomic mass is 19.4. The number of anilines is 1. The van der Waals surface area contributed by atoms with E-state index in [0.29, 0.717) is 5.56 Å². The molecule has 1 amide bonds. The van der Waals surface area contributed by atoms with E-state index >= 15 is 0 Å². The van der Waals surface area contributed by atoms with Gasteiger partial charge in [-0.15, -0.1) is 0 Å². The van der Waals surface area contributed by atoms with Crippen LogP contribution in [0.25, 0.3) is 11.0 Å². The molecule has 1 aromatic carbocycles. The average molecular weight is 407 g/mol. The summed E-state index contributed by atoms with van der Waals surface area (Å²) >= 11 is 0. The maximum atomic E-state index is 13.4. The Balaban J connectivity index is 1.97. The summed E-state index contributed by atoms with van der Waals surface area (Å²) in [6.45, 7) is 4.03. The highest BCUT2D eigenvalue weighted by Crippen LogP contribution is 2.36. The first kappa shape index (κ1) is 20.2. The van der Waals surface area contributed by atoms with Gasteiger partial charge in [0.2, 0.25) is 5.91 Å². The quantitative estimate of drug-likeness (QED) is 0.522. The number of aryl methyl sites for hydroxylation is 3. The minimum Gasteiger partial charge on any atom is -0.319 e. The lowest BCUT2D eigenvalue weighted by atomic mass is 10.1. The van der Waals surface area contributed by atoms with E-state index in [0.717, 1.165) is 10.7 Å². The van der Waals surface area contributed by atoms with Crippen molar-refractivity contribution < 1.29 is 22.9 Å². The van der Waals surface area contributed by atoms with Crippen LogP contribution >= 0.6 is 0 Å². The zero-order chi connectivity index (χ0) is 21.5. The summed E-state index contributed by atoms with van der Waals surface area (Å²) in [5.41, 5.74) is -0.411. The molecular weight excluding hydrogens is 391 g/mol. The topological polar surface area (TPSA) is 103 Å². The third kappa shape index (κ3) is 4.03. The molecule has 0 radical (unpaired) electrons. The predicted molar refractivity (Wildman–Crippen MR) is 98.5 cm³/mol. The summed E-state index contributed by atoms with van der Waals surface area (Å²) in [6.07, 6.45) is -4.60. The number of rotatable bonds is 4. The van der Waals surface area contributed by atoms with Gasteiger partial charge in [0, 0.05) is 11.8 Å². The number of alkyl halides is 3. The molecule has 3 rings (SSSR count). The molecule has 0 spiro atoms. The van der Waals surface area contributed by atoms with Crippen LogP contribution in [-0.4, -0.2) is 25.6 Å². The fourth-order valence-corrected chi connectivity index (χ4v) is 3.04. The van der Waals surface area contributed by atoms with E-state index in [1.807, 2.05) is 0 Å². The zero-order valence-corrected chi connectivity index (χ0v) is 15.7. The number of nitro groups is 1. The Morgan fingerprint density at radius 2 is 1.93 bits per heavy atom. The lowest BCUT2D eigenvalue weighted by Crippen LogP contribution is -2.20. The van der Waals surface area contributed by atoms with Crippen LogP contribution in [0.3, 0.4) is 0 Å². The van der Waals surface area contributed by atoms with Gasteiger partial charge < -0.3 is 5.32 Å². The number of hydrogen-bond acceptors (Lipinski definition) is 5. The van der Waals surface area contributed by atoms with Crippen LogP contribution in [0.5, 0.6) is 0 Å². The van der Waals surface area contributed by atoms with Crippen molar-refractivity contribution in [3.05, 3.63) is 56.9 Å². The van der Waals surface area contributed by atoms with Crippen molar-refractivity contribution in [3.63, 3.8) is 0 Å². The van der Waals surface area contributed by atoms with Crippen LogP contribution < -0.4 is 5.32 Å². The maximum Gasteiger partial charge on any atom is 0.417 e. The largest absolute Gasteiger partial charge is 0.417 e. The normalized spacial score (nSPS) is 11.7. The fraction of sp³-hybridized carbons (Fsp3) is 0.278. The second kappa shape index (κ2) is 7.15. The smallest absolute Gasteiger partial charge is 0.319 e. The number of halogens is 3. The van der Waals surface area contributed by atoms with E-state index in [1.165, 1.54) is 26.0 Å². The molecule has 3 aromatic rings. The van der Waals surface area contributed by atoms with Crippen LogP contribution in [-0.2, 0) is 17.5 Å². The molecule has 0 aliphatic rings. The molecule has 0 saturated carbocycles. The average Bonchev–Trinajstić information content (AvgIpc) is 2.90. The highest BCUT2D eigenvalue weighted by molar-refractivity contribution is 5.94. The van der Waals surface area contributed by atoms with Gasteiger partial charge in [0.25, 0.3) is 5.69 Å². The monoisotopic (exact) mass is 407 g/mol. The molecule has 11 heteroatoms. The first-order valence-electron chi connectivity index (χ1n) is 8.44. The van der Waals surface area contributed by atoms with E-state index < -0.39 is 29.1 Å². The van der Waals surface area contributed by atoms with Crippen LogP contribution in [0.4, 0.5) is 24.5 Å². The number of carbonyl (C=O) groups is 1. The van der Waals surface area contributed by atoms with Crippen LogP contribution in [0.15, 0.2) is 24.3 Å². The molecule has 8 nitrogen and oxygen atoms in total. The van der Waals surface area contributed by atoms with Gasteiger partial charge in [0.05, 0.1) is 21.6 Å². The van der Waals surface area contributed by atoms with Crippen LogP contribution in [0, 0.1) is 30.9 Å². The number of amides is 1. The Labute approximate surface area is 162 Å². The van der Waals surface area contributed by atoms with Crippen molar-refractivity contribution in [2.24, 2.45) is 0 Å². The van der Waals surface area contributed by atoms with E-state index in [2.05, 4.69) is 15.4 Å². The first-order valence-corrected chi connectivity index (χ1v) is 8.44. The van der Waals surface area contributed by atoms with Crippen molar-refractivity contribution >= 4 is 28.3 Å². The standard InChI is InChI=1S/C18H16F3N5O3/c1-9-4-5-13(14(6-9)26(28)29)23-15(27)8-25-17-16(11(3)24-25)12(18(19,20)21)7-10(2)22-17/h4-7H,8H2,1-3H3,(H,23,27). The van der Waals surface area contributed by atoms with Gasteiger partial charge in [-0.25, -0.2) is 9.67 Å². The summed E-state index contributed by atoms with van der Waals surface area (Å²) in [6, 6.07) is 5.22. The van der Waals surface area contributed by atoms with E-state index in [-0.39, 0.29) is 33.8 Å². The molecule has 0 atom stereocenters. The van der Waals surface area contributed by atoms with Gasteiger partial charge in [-0.3, -0.25) is 14.9 Å². The molecular formula is C18H16F3N5O3. The molecule has 0 saturated heterocycles. The van der Waals surface area contributed by atoms with E-state index in [1.54, 1.807) is 13.0 Å². The third-order valence-electron chi connectivity index (χ3n) is 4.23. The van der Waals surface area contributed by atoms with Crippen molar-refractivity contribution in [3.8, 4) is 0 Å². The molecule has 152 valence electrons. The molecule has 0 aliphatic carbocycles. The Bertz CT molecular complexity index is 1140. The molecule has 0 bridgehead atoms. The van der Waals surface area contributed by atoms with Gasteiger partial charge in [-0.1, -0.05) is 6.07 Å². The Hall–Kier alpha value is -3.50. The maximum absolute atomic E-state index is 13.4. The SMILES string of the molecule is Cc1ccc(NC(=O)Cn2nc(C)c3c(C(F)(F)F)cc(C)nc32)c([N+](=O)[O-])c1. The summed E-state index contributed by atoms with van der Waals surface area (Å²) in [7, 11) is 0. The lowest BCUT2D eigenvalue weighted by Gasteiger charge is -2.10. The number of benzene rings is 1. The number of aromatic nitrogens is 3. The lowest BCUT2D eigenvalue weighted by molar-refractivity contribution is -0.384. The molecule has 2 heterocycles. The van der Waals surface area contributed by atoms with Crippen molar-refractivity contribution in [1.29, 1.82) is 0 Å². The summed E-state index contributed by atoms with van der Waals surface area (Å²) in [5, 5.41) is 17.4. The number of nitrogens with one attached hydrogen (secondary N) is 1. The van der Waals surface area contributed by atoms with Gasteiger partial charge in [-0.2, -0.15) is 18.3 Å². The third-order valence-corrected chi connectivity index (χ3v) is 4.23. The van der Waals surface area contributed by atoms with E-state index in [9.17, 15) is 28.1 Å². The first-order chi connectivity index (χ1) is 13.5. The molecule has 0 fully saturated rings. The molecule has 29 heavy (non-hydrogen) atoms. The molecule has 0 unspecified atom stereocenters. The van der Waals surface area contributed by atoms with Gasteiger partial charge in [0.15, 0.2) is 5.65 Å². The Morgan fingerprint density at radius 3 is 2.55 bits per heavy atom. The zero-order valence-electron chi connectivity index (χ0n) is 15.7. The number of carbonyl (C=O) groups excluding carboxylic acids is 1. The molecule has 2 aromatic heterocycles. The molecule has 0 aliphatic heterocycles. The molecule has 1 N–H and O–H groups in total. The second-order valence-electron chi connectivity index (χ2n) is 6.58. The fourth-order valence-electron chi connectivity index (χ4n) is 3.04. The highest BCUT2D eigenvalue weighted by Gasteiger charge is 2.35. The van der Waals surface area contributed by atoms with Gasteiger partial charge in [0.1, 0.15) is 12.2 Å².